The fourth-order valence-electron chi connectivity index (χ4n) is 3.83. The second kappa shape index (κ2) is 7.21. The maximum absolute atomic E-state index is 6.25. The molecule has 20 heavy (non-hydrogen) atoms. The number of likely N-dealkylation sites (N-methyl/N-ethyl adjacent to an activating group) is 2. The number of nitrogens with two attached hydrogens (primary N) is 1. The summed E-state index contributed by atoms with van der Waals surface area (Å²) in [6, 6.07) is 0.512. The van der Waals surface area contributed by atoms with E-state index in [0.29, 0.717) is 6.04 Å². The monoisotopic (exact) mass is 285 g/mol. The highest BCUT2D eigenvalue weighted by Gasteiger charge is 2.46. The van der Waals surface area contributed by atoms with E-state index in [0.717, 1.165) is 45.5 Å². The summed E-state index contributed by atoms with van der Waals surface area (Å²) >= 11 is 0. The van der Waals surface area contributed by atoms with Crippen LogP contribution in [0.2, 0.25) is 0 Å². The second-order valence-electron chi connectivity index (χ2n) is 6.90. The Kier molecular flexibility index (Phi) is 6.45. The summed E-state index contributed by atoms with van der Waals surface area (Å²) in [5.41, 5.74) is 6.31. The largest absolute Gasteiger partial charge is 0.375 e. The molecular formula is C16H35N3O. The molecule has 1 rings (SSSR count). The van der Waals surface area contributed by atoms with E-state index >= 15 is 0 Å². The Morgan fingerprint density at radius 2 is 1.95 bits per heavy atom. The van der Waals surface area contributed by atoms with Gasteiger partial charge in [0.15, 0.2) is 0 Å². The van der Waals surface area contributed by atoms with E-state index in [-0.39, 0.29) is 11.1 Å². The van der Waals surface area contributed by atoms with Gasteiger partial charge in [-0.25, -0.2) is 0 Å². The Hall–Kier alpha value is -0.160. The number of hydrogen-bond acceptors (Lipinski definition) is 4. The number of rotatable bonds is 7. The Labute approximate surface area is 125 Å². The predicted octanol–water partition coefficient (Wildman–Crippen LogP) is 1.94. The minimum atomic E-state index is -0.0249. The number of nitrogens with zero attached hydrogens (tertiary/aromatic N) is 2. The molecule has 1 aliphatic heterocycles. The van der Waals surface area contributed by atoms with E-state index in [1.807, 2.05) is 0 Å². The van der Waals surface area contributed by atoms with Gasteiger partial charge in [0.25, 0.3) is 0 Å². The van der Waals surface area contributed by atoms with Gasteiger partial charge in [-0.2, -0.15) is 0 Å². The molecule has 0 aromatic heterocycles. The Morgan fingerprint density at radius 1 is 1.30 bits per heavy atom. The highest BCUT2D eigenvalue weighted by molar-refractivity contribution is 5.01. The molecule has 0 aromatic rings. The van der Waals surface area contributed by atoms with Crippen molar-refractivity contribution in [2.75, 3.05) is 40.3 Å². The third-order valence-corrected chi connectivity index (χ3v) is 4.96. The molecule has 3 unspecified atom stereocenters. The Bertz CT molecular complexity index is 297. The zero-order valence-corrected chi connectivity index (χ0v) is 14.4. The van der Waals surface area contributed by atoms with Crippen LogP contribution in [-0.4, -0.2) is 67.3 Å². The Morgan fingerprint density at radius 3 is 2.40 bits per heavy atom. The number of hydrogen-bond donors (Lipinski definition) is 1. The molecule has 4 nitrogen and oxygen atoms in total. The van der Waals surface area contributed by atoms with E-state index in [1.165, 1.54) is 0 Å². The molecule has 4 heteroatoms. The fourth-order valence-corrected chi connectivity index (χ4v) is 3.83. The molecule has 0 spiro atoms. The van der Waals surface area contributed by atoms with Crippen LogP contribution in [0.5, 0.6) is 0 Å². The molecule has 120 valence electrons. The quantitative estimate of drug-likeness (QED) is 0.776. The first-order valence-corrected chi connectivity index (χ1v) is 8.08. The van der Waals surface area contributed by atoms with Crippen molar-refractivity contribution in [2.45, 2.75) is 64.1 Å². The van der Waals surface area contributed by atoms with E-state index in [2.05, 4.69) is 51.6 Å². The number of ether oxygens (including phenoxy) is 1. The minimum Gasteiger partial charge on any atom is -0.375 e. The molecule has 0 amide bonds. The third kappa shape index (κ3) is 3.94. The van der Waals surface area contributed by atoms with Gasteiger partial charge in [-0.15, -0.1) is 0 Å². The van der Waals surface area contributed by atoms with E-state index in [9.17, 15) is 0 Å². The summed E-state index contributed by atoms with van der Waals surface area (Å²) < 4.78 is 6.03. The summed E-state index contributed by atoms with van der Waals surface area (Å²) in [5, 5.41) is 0. The van der Waals surface area contributed by atoms with Crippen LogP contribution >= 0.6 is 0 Å². The summed E-state index contributed by atoms with van der Waals surface area (Å²) in [6.07, 6.45) is 3.14. The van der Waals surface area contributed by atoms with Gasteiger partial charge >= 0.3 is 0 Å². The van der Waals surface area contributed by atoms with Crippen LogP contribution in [-0.2, 0) is 4.74 Å². The van der Waals surface area contributed by atoms with E-state index in [4.69, 9.17) is 10.5 Å². The molecule has 3 atom stereocenters. The lowest BCUT2D eigenvalue weighted by Gasteiger charge is -2.53. The molecule has 1 heterocycles. The zero-order chi connectivity index (χ0) is 15.4. The first-order valence-electron chi connectivity index (χ1n) is 8.08. The van der Waals surface area contributed by atoms with Crippen molar-refractivity contribution in [3.8, 4) is 0 Å². The van der Waals surface area contributed by atoms with Crippen LogP contribution in [0, 0.1) is 0 Å². The lowest BCUT2D eigenvalue weighted by atomic mass is 9.77. The van der Waals surface area contributed by atoms with Gasteiger partial charge < -0.3 is 15.4 Å². The highest BCUT2D eigenvalue weighted by atomic mass is 16.5. The van der Waals surface area contributed by atoms with Crippen LogP contribution in [0.4, 0.5) is 0 Å². The van der Waals surface area contributed by atoms with Gasteiger partial charge in [-0.05, 0) is 53.8 Å². The zero-order valence-electron chi connectivity index (χ0n) is 14.4. The molecule has 0 saturated carbocycles. The van der Waals surface area contributed by atoms with Crippen molar-refractivity contribution in [3.63, 3.8) is 0 Å². The van der Waals surface area contributed by atoms with Crippen molar-refractivity contribution in [1.82, 2.24) is 9.80 Å². The smallest absolute Gasteiger partial charge is 0.0670 e. The van der Waals surface area contributed by atoms with Crippen LogP contribution in [0.3, 0.4) is 0 Å². The molecule has 1 saturated heterocycles. The van der Waals surface area contributed by atoms with Crippen molar-refractivity contribution in [2.24, 2.45) is 5.73 Å². The average Bonchev–Trinajstić information content (AvgIpc) is 2.38. The lowest BCUT2D eigenvalue weighted by molar-refractivity contribution is -0.135. The van der Waals surface area contributed by atoms with Gasteiger partial charge in [-0.3, -0.25) is 4.90 Å². The third-order valence-electron chi connectivity index (χ3n) is 4.96. The molecule has 1 fully saturated rings. The molecule has 0 radical (unpaired) electrons. The Balaban J connectivity index is 2.94. The average molecular weight is 285 g/mol. The van der Waals surface area contributed by atoms with Crippen LogP contribution < -0.4 is 5.73 Å². The molecule has 1 aliphatic rings. The van der Waals surface area contributed by atoms with Gasteiger partial charge in [0.2, 0.25) is 0 Å². The van der Waals surface area contributed by atoms with Gasteiger partial charge in [0, 0.05) is 31.3 Å². The topological polar surface area (TPSA) is 41.7 Å². The normalized spacial score (nSPS) is 32.9. The van der Waals surface area contributed by atoms with Crippen LogP contribution in [0.25, 0.3) is 0 Å². The summed E-state index contributed by atoms with van der Waals surface area (Å²) in [7, 11) is 4.28. The van der Waals surface area contributed by atoms with E-state index in [1.54, 1.807) is 0 Å². The van der Waals surface area contributed by atoms with Crippen LogP contribution in [0.1, 0.15) is 47.0 Å². The molecule has 2 N–H and O–H groups in total. The minimum absolute atomic E-state index is 0.0249. The second-order valence-corrected chi connectivity index (χ2v) is 6.90. The van der Waals surface area contributed by atoms with Gasteiger partial charge in [-0.1, -0.05) is 13.8 Å². The molecule has 0 bridgehead atoms. The van der Waals surface area contributed by atoms with Crippen molar-refractivity contribution in [3.05, 3.63) is 0 Å². The van der Waals surface area contributed by atoms with Crippen LogP contribution in [0.15, 0.2) is 0 Å². The maximum atomic E-state index is 6.25. The first kappa shape index (κ1) is 17.9. The van der Waals surface area contributed by atoms with Crippen molar-refractivity contribution in [1.29, 1.82) is 0 Å². The summed E-state index contributed by atoms with van der Waals surface area (Å²) in [4.78, 5) is 4.87. The highest BCUT2D eigenvalue weighted by Crippen LogP contribution is 2.38. The molecule has 0 aromatic carbocycles. The van der Waals surface area contributed by atoms with Crippen molar-refractivity contribution < 1.29 is 4.74 Å². The summed E-state index contributed by atoms with van der Waals surface area (Å²) in [5.74, 6) is 0. The van der Waals surface area contributed by atoms with E-state index < -0.39 is 0 Å². The van der Waals surface area contributed by atoms with Gasteiger partial charge in [0.05, 0.1) is 5.60 Å². The predicted molar refractivity (Wildman–Crippen MR) is 86.1 cm³/mol. The first-order chi connectivity index (χ1) is 9.32. The fraction of sp³-hybridized carbons (Fsp3) is 1.00. The van der Waals surface area contributed by atoms with Crippen molar-refractivity contribution >= 4 is 0 Å². The van der Waals surface area contributed by atoms with Gasteiger partial charge in [0.1, 0.15) is 0 Å². The SMILES string of the molecule is CCN(C(C)CN(C)C)C1(CN)CCOC(C)(CC)C1. The summed E-state index contributed by atoms with van der Waals surface area (Å²) in [6.45, 7) is 12.7. The standard InChI is InChI=1S/C16H35N3O/c1-7-15(4)12-16(13-17,9-10-20-15)19(8-2)14(3)11-18(5)6/h14H,7-13,17H2,1-6H3. The maximum Gasteiger partial charge on any atom is 0.0670 e. The lowest BCUT2D eigenvalue weighted by Crippen LogP contribution is -2.64. The molecule has 0 aliphatic carbocycles. The molecular weight excluding hydrogens is 250 g/mol.